The number of pyridine rings is 1. The molecule has 0 saturated heterocycles. The van der Waals surface area contributed by atoms with E-state index in [9.17, 15) is 4.79 Å². The summed E-state index contributed by atoms with van der Waals surface area (Å²) in [7, 11) is 0. The second-order valence-corrected chi connectivity index (χ2v) is 5.21. The molecule has 1 heterocycles. The maximum absolute atomic E-state index is 11.7. The highest BCUT2D eigenvalue weighted by atomic mass is 16.1. The molecule has 0 unspecified atom stereocenters. The van der Waals surface area contributed by atoms with Gasteiger partial charge in [-0.25, -0.2) is 4.98 Å². The summed E-state index contributed by atoms with van der Waals surface area (Å²) in [5.74, 6) is 0.333. The number of carbonyl (C=O) groups excluding carboxylic acids is 1. The fourth-order valence-corrected chi connectivity index (χ4v) is 2.44. The summed E-state index contributed by atoms with van der Waals surface area (Å²) in [6.07, 6.45) is 3.19. The Morgan fingerprint density at radius 2 is 2.16 bits per heavy atom. The van der Waals surface area contributed by atoms with E-state index >= 15 is 0 Å². The molecule has 0 atom stereocenters. The molecule has 1 fully saturated rings. The van der Waals surface area contributed by atoms with E-state index in [-0.39, 0.29) is 0 Å². The van der Waals surface area contributed by atoms with Crippen LogP contribution in [0.3, 0.4) is 0 Å². The van der Waals surface area contributed by atoms with Gasteiger partial charge in [-0.2, -0.15) is 0 Å². The quantitative estimate of drug-likeness (QED) is 0.804. The molecule has 19 heavy (non-hydrogen) atoms. The highest BCUT2D eigenvalue weighted by Gasteiger charge is 2.32. The van der Waals surface area contributed by atoms with Gasteiger partial charge in [-0.3, -0.25) is 4.79 Å². The Kier molecular flexibility index (Phi) is 4.04. The summed E-state index contributed by atoms with van der Waals surface area (Å²) in [6.45, 7) is 5.32. The molecule has 0 spiro atoms. The van der Waals surface area contributed by atoms with Crippen LogP contribution >= 0.6 is 0 Å². The molecule has 1 aliphatic carbocycles. The van der Waals surface area contributed by atoms with Crippen molar-refractivity contribution in [2.24, 2.45) is 11.5 Å². The number of nitrogens with zero attached hydrogens (tertiary/aromatic N) is 2. The number of anilines is 1. The molecule has 1 aromatic heterocycles. The number of hydrogen-bond donors (Lipinski definition) is 2. The topological polar surface area (TPSA) is 85.2 Å². The summed E-state index contributed by atoms with van der Waals surface area (Å²) in [5.41, 5.74) is 13.5. The number of aromatic nitrogens is 1. The van der Waals surface area contributed by atoms with Crippen molar-refractivity contribution in [1.82, 2.24) is 4.98 Å². The van der Waals surface area contributed by atoms with Gasteiger partial charge in [0.1, 0.15) is 5.82 Å². The molecule has 0 aromatic carbocycles. The number of amides is 1. The smallest absolute Gasteiger partial charge is 0.252 e. The third-order valence-electron chi connectivity index (χ3n) is 3.43. The van der Waals surface area contributed by atoms with Crippen LogP contribution in [0.5, 0.6) is 0 Å². The minimum Gasteiger partial charge on any atom is -0.365 e. The summed E-state index contributed by atoms with van der Waals surface area (Å²) in [5, 5.41) is 0. The molecule has 1 aliphatic rings. The minimum absolute atomic E-state index is 0.404. The molecule has 2 rings (SSSR count). The van der Waals surface area contributed by atoms with Gasteiger partial charge in [0, 0.05) is 18.3 Å². The van der Waals surface area contributed by atoms with E-state index in [1.807, 2.05) is 19.9 Å². The van der Waals surface area contributed by atoms with Gasteiger partial charge in [-0.1, -0.05) is 0 Å². The number of nitrogens with two attached hydrogens (primary N) is 2. The molecular formula is C14H22N4O. The molecule has 1 saturated carbocycles. The first kappa shape index (κ1) is 13.8. The zero-order valence-corrected chi connectivity index (χ0v) is 11.6. The lowest BCUT2D eigenvalue weighted by molar-refractivity contribution is 0.1000. The van der Waals surface area contributed by atoms with E-state index in [1.165, 1.54) is 0 Å². The fraction of sp³-hybridized carbons (Fsp3) is 0.571. The molecule has 5 nitrogen and oxygen atoms in total. The number of hydrogen-bond acceptors (Lipinski definition) is 4. The van der Waals surface area contributed by atoms with Gasteiger partial charge in [0.25, 0.3) is 5.91 Å². The standard InChI is InChI=1S/C14H22N4O/c1-9-8-10(2)17-14(12(9)13(16)19)18(7-3-6-15)11-4-5-11/h8,11H,3-7,15H2,1-2H3,(H2,16,19). The first-order valence-electron chi connectivity index (χ1n) is 6.79. The average molecular weight is 262 g/mol. The van der Waals surface area contributed by atoms with Crippen LogP contribution in [0.1, 0.15) is 40.9 Å². The summed E-state index contributed by atoms with van der Waals surface area (Å²) in [4.78, 5) is 18.5. The molecule has 104 valence electrons. The summed E-state index contributed by atoms with van der Waals surface area (Å²) >= 11 is 0. The average Bonchev–Trinajstić information content (AvgIpc) is 3.12. The van der Waals surface area contributed by atoms with Crippen molar-refractivity contribution in [3.63, 3.8) is 0 Å². The first-order valence-corrected chi connectivity index (χ1v) is 6.79. The lowest BCUT2D eigenvalue weighted by Crippen LogP contribution is -2.32. The SMILES string of the molecule is Cc1cc(C)c(C(N)=O)c(N(CCCN)C2CC2)n1. The summed E-state index contributed by atoms with van der Waals surface area (Å²) < 4.78 is 0. The van der Waals surface area contributed by atoms with E-state index in [0.717, 1.165) is 42.9 Å². The monoisotopic (exact) mass is 262 g/mol. The van der Waals surface area contributed by atoms with Crippen molar-refractivity contribution in [2.45, 2.75) is 39.2 Å². The van der Waals surface area contributed by atoms with Gasteiger partial charge in [0.15, 0.2) is 0 Å². The van der Waals surface area contributed by atoms with E-state index in [1.54, 1.807) is 0 Å². The van der Waals surface area contributed by atoms with E-state index < -0.39 is 5.91 Å². The van der Waals surface area contributed by atoms with Crippen molar-refractivity contribution in [1.29, 1.82) is 0 Å². The maximum atomic E-state index is 11.7. The largest absolute Gasteiger partial charge is 0.365 e. The van der Waals surface area contributed by atoms with Gasteiger partial charge in [-0.05, 0) is 51.3 Å². The zero-order valence-electron chi connectivity index (χ0n) is 11.6. The Morgan fingerprint density at radius 3 is 2.68 bits per heavy atom. The number of carbonyl (C=O) groups is 1. The first-order chi connectivity index (χ1) is 9.04. The lowest BCUT2D eigenvalue weighted by Gasteiger charge is -2.26. The van der Waals surface area contributed by atoms with Gasteiger partial charge in [0.2, 0.25) is 0 Å². The predicted molar refractivity (Wildman–Crippen MR) is 76.3 cm³/mol. The summed E-state index contributed by atoms with van der Waals surface area (Å²) in [6, 6.07) is 2.38. The molecule has 4 N–H and O–H groups in total. The fourth-order valence-electron chi connectivity index (χ4n) is 2.44. The Hall–Kier alpha value is -1.62. The van der Waals surface area contributed by atoms with E-state index in [2.05, 4.69) is 9.88 Å². The second kappa shape index (κ2) is 5.57. The second-order valence-electron chi connectivity index (χ2n) is 5.21. The minimum atomic E-state index is -0.404. The van der Waals surface area contributed by atoms with Gasteiger partial charge in [0.05, 0.1) is 5.56 Å². The Bertz CT molecular complexity index is 483. The number of aryl methyl sites for hydroxylation is 2. The predicted octanol–water partition coefficient (Wildman–Crippen LogP) is 1.11. The Balaban J connectivity index is 2.42. The molecule has 0 radical (unpaired) electrons. The molecule has 0 bridgehead atoms. The Morgan fingerprint density at radius 1 is 1.47 bits per heavy atom. The van der Waals surface area contributed by atoms with Crippen LogP contribution in [0.2, 0.25) is 0 Å². The molecule has 1 amide bonds. The normalized spacial score (nSPS) is 14.5. The maximum Gasteiger partial charge on any atom is 0.252 e. The van der Waals surface area contributed by atoms with Gasteiger partial charge >= 0.3 is 0 Å². The van der Waals surface area contributed by atoms with Crippen LogP contribution in [0.25, 0.3) is 0 Å². The number of primary amides is 1. The molecular weight excluding hydrogens is 240 g/mol. The highest BCUT2D eigenvalue weighted by Crippen LogP contribution is 2.33. The Labute approximate surface area is 114 Å². The third kappa shape index (κ3) is 3.04. The van der Waals surface area contributed by atoms with E-state index in [4.69, 9.17) is 11.5 Å². The van der Waals surface area contributed by atoms with Crippen molar-refractivity contribution < 1.29 is 4.79 Å². The van der Waals surface area contributed by atoms with Crippen molar-refractivity contribution in [3.8, 4) is 0 Å². The zero-order chi connectivity index (χ0) is 14.0. The van der Waals surface area contributed by atoms with Crippen LogP contribution < -0.4 is 16.4 Å². The van der Waals surface area contributed by atoms with Crippen LogP contribution in [0.15, 0.2) is 6.07 Å². The van der Waals surface area contributed by atoms with E-state index in [0.29, 0.717) is 18.2 Å². The van der Waals surface area contributed by atoms with Crippen molar-refractivity contribution in [3.05, 3.63) is 22.9 Å². The van der Waals surface area contributed by atoms with Crippen molar-refractivity contribution >= 4 is 11.7 Å². The van der Waals surface area contributed by atoms with Crippen LogP contribution in [-0.4, -0.2) is 30.0 Å². The van der Waals surface area contributed by atoms with Crippen LogP contribution in [0.4, 0.5) is 5.82 Å². The van der Waals surface area contributed by atoms with Crippen LogP contribution in [-0.2, 0) is 0 Å². The lowest BCUT2D eigenvalue weighted by atomic mass is 10.1. The molecule has 1 aromatic rings. The molecule has 0 aliphatic heterocycles. The van der Waals surface area contributed by atoms with Crippen LogP contribution in [0, 0.1) is 13.8 Å². The van der Waals surface area contributed by atoms with Crippen molar-refractivity contribution in [2.75, 3.05) is 18.0 Å². The highest BCUT2D eigenvalue weighted by molar-refractivity contribution is 5.99. The van der Waals surface area contributed by atoms with Gasteiger partial charge < -0.3 is 16.4 Å². The van der Waals surface area contributed by atoms with Gasteiger partial charge in [-0.15, -0.1) is 0 Å². The number of rotatable bonds is 6. The third-order valence-corrected chi connectivity index (χ3v) is 3.43. The molecule has 5 heteroatoms.